The van der Waals surface area contributed by atoms with Gasteiger partial charge in [-0.15, -0.1) is 54.1 Å². The summed E-state index contributed by atoms with van der Waals surface area (Å²) >= 11 is 0. The molecule has 0 bridgehead atoms. The Balaban J connectivity index is 0.000000248. The summed E-state index contributed by atoms with van der Waals surface area (Å²) in [5.41, 5.74) is 11.3. The number of rotatable bonds is 9. The summed E-state index contributed by atoms with van der Waals surface area (Å²) in [5, 5.41) is 2.99. The minimum absolute atomic E-state index is 0. The van der Waals surface area contributed by atoms with Crippen LogP contribution in [0.5, 0.6) is 0 Å². The molecule has 0 aliphatic rings. The number of fused-ring (bicyclic) bond motifs is 4. The molecule has 5 aromatic carbocycles. The maximum absolute atomic E-state index is 8.75. The van der Waals surface area contributed by atoms with Crippen molar-refractivity contribution in [1.29, 1.82) is 0 Å². The molecule has 0 spiro atoms. The van der Waals surface area contributed by atoms with Crippen LogP contribution in [0.2, 0.25) is 19.6 Å². The molecule has 7 heteroatoms. The minimum atomic E-state index is -2.18. The van der Waals surface area contributed by atoms with Crippen molar-refractivity contribution in [1.82, 2.24) is 19.5 Å². The first-order valence-electron chi connectivity index (χ1n) is 24.4. The van der Waals surface area contributed by atoms with Gasteiger partial charge in [-0.05, 0) is 82.3 Å². The van der Waals surface area contributed by atoms with Crippen LogP contribution in [-0.2, 0) is 33.0 Å². The predicted octanol–water partition coefficient (Wildman–Crippen LogP) is 14.7. The van der Waals surface area contributed by atoms with Gasteiger partial charge in [-0.3, -0.25) is 4.98 Å². The number of aryl methyl sites for hydroxylation is 1. The summed E-state index contributed by atoms with van der Waals surface area (Å²) in [6.07, 6.45) is 0.469. The van der Waals surface area contributed by atoms with Gasteiger partial charge in [0, 0.05) is 50.7 Å². The summed E-state index contributed by atoms with van der Waals surface area (Å²) < 4.78 is 50.7. The number of pyridine rings is 2. The Kier molecular flexibility index (Phi) is 11.9. The molecule has 9 rings (SSSR count). The Hall–Kier alpha value is -5.46. The third-order valence-corrected chi connectivity index (χ3v) is 13.3. The number of hydrogen-bond acceptors (Lipinski definition) is 4. The van der Waals surface area contributed by atoms with Gasteiger partial charge in [-0.2, -0.15) is 0 Å². The number of imidazole rings is 1. The second-order valence-corrected chi connectivity index (χ2v) is 24.1. The zero-order valence-corrected chi connectivity index (χ0v) is 41.9. The molecule has 0 saturated carbocycles. The second kappa shape index (κ2) is 18.9. The monoisotopic (exact) mass is 1040 g/mol. The molecule has 0 aliphatic heterocycles. The molecule has 1 radical (unpaired) electrons. The average molecular weight is 1040 g/mol. The van der Waals surface area contributed by atoms with Gasteiger partial charge in [0.05, 0.1) is 36.2 Å². The Morgan fingerprint density at radius 3 is 2.12 bits per heavy atom. The maximum Gasteiger partial charge on any atom is 0.216 e. The number of hydrogen-bond donors (Lipinski definition) is 0. The van der Waals surface area contributed by atoms with Crippen molar-refractivity contribution in [2.45, 2.75) is 99.7 Å². The number of para-hydroxylation sites is 2. The molecule has 0 N–H and O–H groups in total. The van der Waals surface area contributed by atoms with E-state index < -0.39 is 26.7 Å². The molecule has 0 saturated heterocycles. The maximum atomic E-state index is 8.75. The van der Waals surface area contributed by atoms with Crippen molar-refractivity contribution < 1.29 is 31.4 Å². The van der Waals surface area contributed by atoms with E-state index >= 15 is 0 Å². The van der Waals surface area contributed by atoms with E-state index in [0.29, 0.717) is 23.4 Å². The number of aromatic nitrogens is 4. The van der Waals surface area contributed by atoms with Crippen LogP contribution in [0.15, 0.2) is 132 Å². The van der Waals surface area contributed by atoms with Crippen LogP contribution in [-0.4, -0.2) is 27.6 Å². The third kappa shape index (κ3) is 9.93. The van der Waals surface area contributed by atoms with Gasteiger partial charge < -0.3 is 14.0 Å². The molecule has 4 aromatic heterocycles. The molecule has 0 unspecified atom stereocenters. The second-order valence-electron chi connectivity index (χ2n) is 19.1. The standard InChI is InChI=1S/C38H34N3O.C19H26NSi.Ir/c1-23(2)30-20-25(5)21-31(24(3)4)32(30)22-41-35-17-10-9-16-34(35)39-37(41)29-15-11-14-27-28-18-19-33(26-12-7-6-8-13-26)40-38(28)42-36(27)29;1-19(2,3)13-16-12-17(15-10-8-7-9-11-15)20-14-18(16)21(4,5)6;/h6-14,16-21,23-24H,22H2,1-5H3;7-10,12,14H,13H2,1-6H3;/q2*-1;/i5D3;13D2;. The third-order valence-electron chi connectivity index (χ3n) is 11.3. The van der Waals surface area contributed by atoms with Crippen molar-refractivity contribution >= 4 is 46.4 Å². The number of benzene rings is 5. The van der Waals surface area contributed by atoms with Gasteiger partial charge in [-0.25, -0.2) is 4.98 Å². The molecule has 0 amide bonds. The zero-order valence-electron chi connectivity index (χ0n) is 43.5. The summed E-state index contributed by atoms with van der Waals surface area (Å²) in [4.78, 5) is 14.6. The predicted molar refractivity (Wildman–Crippen MR) is 268 cm³/mol. The Morgan fingerprint density at radius 2 is 1.47 bits per heavy atom. The van der Waals surface area contributed by atoms with E-state index in [2.05, 4.69) is 81.2 Å². The Labute approximate surface area is 401 Å². The van der Waals surface area contributed by atoms with Crippen molar-refractivity contribution in [2.75, 3.05) is 0 Å². The molecule has 64 heavy (non-hydrogen) atoms. The van der Waals surface area contributed by atoms with Gasteiger partial charge in [0.1, 0.15) is 0 Å². The fourth-order valence-corrected chi connectivity index (χ4v) is 9.73. The quantitative estimate of drug-likeness (QED) is 0.107. The van der Waals surface area contributed by atoms with Crippen LogP contribution >= 0.6 is 0 Å². The average Bonchev–Trinajstić information content (AvgIpc) is 3.86. The summed E-state index contributed by atoms with van der Waals surface area (Å²) in [6.45, 7) is 19.4. The molecular weight excluding hydrogens is 977 g/mol. The van der Waals surface area contributed by atoms with Crippen LogP contribution in [0.25, 0.3) is 67.0 Å². The molecule has 329 valence electrons. The van der Waals surface area contributed by atoms with Crippen molar-refractivity contribution in [3.8, 4) is 33.9 Å². The first-order chi connectivity index (χ1) is 32.0. The molecule has 5 nitrogen and oxygen atoms in total. The summed E-state index contributed by atoms with van der Waals surface area (Å²) in [6, 6.07) is 46.3. The number of nitrogens with zero attached hydrogens (tertiary/aromatic N) is 4. The minimum Gasteiger partial charge on any atom is -0.486 e. The topological polar surface area (TPSA) is 56.7 Å². The molecule has 0 atom stereocenters. The normalized spacial score (nSPS) is 13.5. The van der Waals surface area contributed by atoms with Crippen LogP contribution in [0, 0.1) is 24.4 Å². The molecule has 4 heterocycles. The fraction of sp³-hybridized carbons (Fsp3) is 0.281. The van der Waals surface area contributed by atoms with E-state index in [1.165, 1.54) is 0 Å². The van der Waals surface area contributed by atoms with Crippen LogP contribution in [0.1, 0.15) is 95.0 Å². The Morgan fingerprint density at radius 1 is 0.766 bits per heavy atom. The van der Waals surface area contributed by atoms with Crippen LogP contribution in [0.3, 0.4) is 0 Å². The SMILES string of the molecule is [2H]C([2H])([2H])c1cc(C(C)C)c(Cn2c(-c3[c-]ccc4c3oc3nc(-c5ccccc5)ccc34)nc3ccccc32)c(C(C)C)c1.[2H]C([2H])(c1cc(-c2[c-]cccc2)ncc1[Si](C)(C)C)C(C)(C)C.[Ir]. The van der Waals surface area contributed by atoms with Gasteiger partial charge in [0.2, 0.25) is 5.71 Å². The fourth-order valence-electron chi connectivity index (χ4n) is 8.33. The van der Waals surface area contributed by atoms with Crippen LogP contribution in [0.4, 0.5) is 0 Å². The smallest absolute Gasteiger partial charge is 0.216 e. The van der Waals surface area contributed by atoms with E-state index in [-0.39, 0.29) is 31.9 Å². The first kappa shape index (κ1) is 40.1. The van der Waals surface area contributed by atoms with Gasteiger partial charge in [-0.1, -0.05) is 151 Å². The molecule has 0 aliphatic carbocycles. The zero-order chi connectivity index (χ0) is 48.9. The van der Waals surface area contributed by atoms with E-state index in [1.54, 1.807) is 0 Å². The molecule has 0 fully saturated rings. The van der Waals surface area contributed by atoms with Gasteiger partial charge in [0.25, 0.3) is 0 Å². The summed E-state index contributed by atoms with van der Waals surface area (Å²) in [7, 11) is -1.70. The van der Waals surface area contributed by atoms with Gasteiger partial charge in [0.15, 0.2) is 0 Å². The van der Waals surface area contributed by atoms with Crippen LogP contribution < -0.4 is 5.19 Å². The van der Waals surface area contributed by atoms with E-state index in [4.69, 9.17) is 21.2 Å². The van der Waals surface area contributed by atoms with E-state index in [9.17, 15) is 0 Å². The largest absolute Gasteiger partial charge is 0.486 e. The van der Waals surface area contributed by atoms with Gasteiger partial charge >= 0.3 is 0 Å². The molecular formula is C57H60IrN4OSi-2. The Bertz CT molecular complexity index is 3230. The van der Waals surface area contributed by atoms with Crippen molar-refractivity contribution in [3.63, 3.8) is 0 Å². The summed E-state index contributed by atoms with van der Waals surface area (Å²) in [5.74, 6) is 1.01. The van der Waals surface area contributed by atoms with Crippen molar-refractivity contribution in [3.05, 3.63) is 167 Å². The number of furan rings is 1. The molecule has 9 aromatic rings. The first-order valence-corrected chi connectivity index (χ1v) is 25.4. The van der Waals surface area contributed by atoms with E-state index in [1.807, 2.05) is 136 Å². The van der Waals surface area contributed by atoms with E-state index in [0.717, 1.165) is 83.1 Å². The van der Waals surface area contributed by atoms with Crippen molar-refractivity contribution in [2.24, 2.45) is 5.41 Å².